The summed E-state index contributed by atoms with van der Waals surface area (Å²) in [5.74, 6) is -0.108. The molecule has 0 aromatic heterocycles. The van der Waals surface area contributed by atoms with Crippen molar-refractivity contribution in [3.8, 4) is 0 Å². The highest BCUT2D eigenvalue weighted by Crippen LogP contribution is 2.33. The van der Waals surface area contributed by atoms with E-state index in [1.54, 1.807) is 24.3 Å². The van der Waals surface area contributed by atoms with Gasteiger partial charge in [-0.25, -0.2) is 5.01 Å². The number of nitrogens with one attached hydrogen (secondary N) is 1. The average molecular weight is 254 g/mol. The molecule has 0 saturated carbocycles. The molecule has 4 nitrogen and oxygen atoms in total. The first-order valence-corrected chi connectivity index (χ1v) is 6.31. The van der Waals surface area contributed by atoms with Crippen molar-refractivity contribution in [3.05, 3.63) is 59.8 Å². The van der Waals surface area contributed by atoms with Crippen molar-refractivity contribution in [1.29, 1.82) is 0 Å². The van der Waals surface area contributed by atoms with Gasteiger partial charge in [-0.15, -0.1) is 0 Å². The van der Waals surface area contributed by atoms with E-state index in [0.29, 0.717) is 12.0 Å². The number of hydrazine groups is 1. The molecule has 19 heavy (non-hydrogen) atoms. The lowest BCUT2D eigenvalue weighted by Crippen LogP contribution is -2.42. The number of hydrogen-bond donors (Lipinski definition) is 1. The van der Waals surface area contributed by atoms with Crippen LogP contribution in [-0.2, 0) is 4.79 Å². The predicted molar refractivity (Wildman–Crippen MR) is 70.7 cm³/mol. The first-order chi connectivity index (χ1) is 9.25. The summed E-state index contributed by atoms with van der Waals surface area (Å²) in [6.07, 6.45) is 7.18. The van der Waals surface area contributed by atoms with E-state index in [9.17, 15) is 9.59 Å². The molecule has 2 amide bonds. The maximum atomic E-state index is 12.1. The molecule has 1 fully saturated rings. The van der Waals surface area contributed by atoms with Gasteiger partial charge in [-0.05, 0) is 24.6 Å². The Balaban J connectivity index is 1.79. The van der Waals surface area contributed by atoms with E-state index >= 15 is 0 Å². The molecule has 1 aromatic rings. The number of fused-ring (bicyclic) bond motifs is 1. The molecule has 3 rings (SSSR count). The van der Waals surface area contributed by atoms with Gasteiger partial charge in [0, 0.05) is 23.6 Å². The molecule has 1 aliphatic carbocycles. The van der Waals surface area contributed by atoms with Crippen molar-refractivity contribution >= 4 is 11.8 Å². The lowest BCUT2D eigenvalue weighted by Gasteiger charge is -2.22. The van der Waals surface area contributed by atoms with E-state index in [-0.39, 0.29) is 17.7 Å². The normalized spacial score (nSPS) is 21.1. The van der Waals surface area contributed by atoms with Crippen molar-refractivity contribution in [1.82, 2.24) is 10.4 Å². The van der Waals surface area contributed by atoms with Crippen molar-refractivity contribution < 1.29 is 9.59 Å². The van der Waals surface area contributed by atoms with Crippen molar-refractivity contribution in [2.75, 3.05) is 0 Å². The molecular weight excluding hydrogens is 240 g/mol. The third kappa shape index (κ3) is 2.17. The quantitative estimate of drug-likeness (QED) is 0.877. The molecule has 1 aromatic carbocycles. The lowest BCUT2D eigenvalue weighted by atomic mass is 9.97. The van der Waals surface area contributed by atoms with Gasteiger partial charge < -0.3 is 0 Å². The summed E-state index contributed by atoms with van der Waals surface area (Å²) in [7, 11) is 0. The molecule has 1 atom stereocenters. The fraction of sp³-hybridized carbons (Fsp3) is 0.200. The van der Waals surface area contributed by atoms with E-state index in [1.165, 1.54) is 5.01 Å². The number of carbonyl (C=O) groups is 2. The smallest absolute Gasteiger partial charge is 0.270 e. The Kier molecular flexibility index (Phi) is 2.91. The molecule has 1 unspecified atom stereocenters. The molecule has 1 aliphatic heterocycles. The van der Waals surface area contributed by atoms with E-state index in [1.807, 2.05) is 24.3 Å². The molecular formula is C15H14N2O2. The van der Waals surface area contributed by atoms with E-state index < -0.39 is 0 Å². The Bertz CT molecular complexity index is 575. The van der Waals surface area contributed by atoms with Crippen LogP contribution in [0.5, 0.6) is 0 Å². The van der Waals surface area contributed by atoms with Crippen LogP contribution in [0, 0.1) is 5.92 Å². The molecule has 0 radical (unpaired) electrons. The van der Waals surface area contributed by atoms with Crippen molar-refractivity contribution in [3.63, 3.8) is 0 Å². The first-order valence-electron chi connectivity index (χ1n) is 6.31. The lowest BCUT2D eigenvalue weighted by molar-refractivity contribution is -0.128. The zero-order chi connectivity index (χ0) is 13.2. The van der Waals surface area contributed by atoms with Crippen molar-refractivity contribution in [2.45, 2.75) is 12.8 Å². The van der Waals surface area contributed by atoms with Crippen LogP contribution in [0.4, 0.5) is 0 Å². The molecule has 96 valence electrons. The molecule has 1 heterocycles. The van der Waals surface area contributed by atoms with Crippen LogP contribution >= 0.6 is 0 Å². The summed E-state index contributed by atoms with van der Waals surface area (Å²) in [6.45, 7) is 0. The largest absolute Gasteiger partial charge is 0.273 e. The van der Waals surface area contributed by atoms with Crippen LogP contribution in [0.15, 0.2) is 54.3 Å². The molecule has 1 saturated heterocycles. The minimum atomic E-state index is -0.259. The maximum Gasteiger partial charge on any atom is 0.270 e. The Hall–Kier alpha value is -2.36. The summed E-state index contributed by atoms with van der Waals surface area (Å²) in [4.78, 5) is 24.0. The molecule has 0 bridgehead atoms. The number of allylic oxidation sites excluding steroid dienone is 4. The van der Waals surface area contributed by atoms with Gasteiger partial charge in [0.1, 0.15) is 0 Å². The molecule has 1 N–H and O–H groups in total. The SMILES string of the molecule is O=C(NN1C(=O)CC2CC=CC=C21)c1ccccc1. The van der Waals surface area contributed by atoms with Gasteiger partial charge in [0.05, 0.1) is 0 Å². The zero-order valence-electron chi connectivity index (χ0n) is 10.4. The minimum Gasteiger partial charge on any atom is -0.273 e. The van der Waals surface area contributed by atoms with Gasteiger partial charge in [0.15, 0.2) is 0 Å². The monoisotopic (exact) mass is 254 g/mol. The second-order valence-electron chi connectivity index (χ2n) is 4.69. The second-order valence-corrected chi connectivity index (χ2v) is 4.69. The topological polar surface area (TPSA) is 49.4 Å². The minimum absolute atomic E-state index is 0.0516. The highest BCUT2D eigenvalue weighted by Gasteiger charge is 2.36. The second kappa shape index (κ2) is 4.72. The molecule has 2 aliphatic rings. The summed E-state index contributed by atoms with van der Waals surface area (Å²) in [5.41, 5.74) is 4.12. The third-order valence-electron chi connectivity index (χ3n) is 3.42. The summed E-state index contributed by atoms with van der Waals surface area (Å²) >= 11 is 0. The fourth-order valence-corrected chi connectivity index (χ4v) is 2.44. The predicted octanol–water partition coefficient (Wildman–Crippen LogP) is 2.02. The van der Waals surface area contributed by atoms with Gasteiger partial charge in [-0.3, -0.25) is 15.0 Å². The van der Waals surface area contributed by atoms with Gasteiger partial charge in [-0.1, -0.05) is 30.4 Å². The van der Waals surface area contributed by atoms with Crippen LogP contribution in [0.3, 0.4) is 0 Å². The Morgan fingerprint density at radius 2 is 2.05 bits per heavy atom. The van der Waals surface area contributed by atoms with E-state index in [0.717, 1.165) is 12.1 Å². The third-order valence-corrected chi connectivity index (χ3v) is 3.42. The highest BCUT2D eigenvalue weighted by atomic mass is 16.2. The number of hydrogen-bond acceptors (Lipinski definition) is 2. The van der Waals surface area contributed by atoms with Crippen LogP contribution in [0.1, 0.15) is 23.2 Å². The molecule has 0 spiro atoms. The average Bonchev–Trinajstić information content (AvgIpc) is 2.76. The number of amides is 2. The zero-order valence-corrected chi connectivity index (χ0v) is 10.4. The summed E-state index contributed by atoms with van der Waals surface area (Å²) in [6, 6.07) is 8.89. The standard InChI is InChI=1S/C15H14N2O2/c18-14-10-12-8-4-5-9-13(12)17(14)16-15(19)11-6-2-1-3-7-11/h1-7,9,12H,8,10H2,(H,16,19). The van der Waals surface area contributed by atoms with E-state index in [4.69, 9.17) is 0 Å². The Labute approximate surface area is 111 Å². The number of benzene rings is 1. The van der Waals surface area contributed by atoms with Crippen LogP contribution < -0.4 is 5.43 Å². The fourth-order valence-electron chi connectivity index (χ4n) is 2.44. The Morgan fingerprint density at radius 1 is 1.26 bits per heavy atom. The number of nitrogens with zero attached hydrogens (tertiary/aromatic N) is 1. The maximum absolute atomic E-state index is 12.1. The van der Waals surface area contributed by atoms with E-state index in [2.05, 4.69) is 5.43 Å². The first kappa shape index (κ1) is 11.7. The number of carbonyl (C=O) groups excluding carboxylic acids is 2. The van der Waals surface area contributed by atoms with Gasteiger partial charge in [-0.2, -0.15) is 0 Å². The molecule has 4 heteroatoms. The highest BCUT2D eigenvalue weighted by molar-refractivity contribution is 5.96. The van der Waals surface area contributed by atoms with Crippen LogP contribution in [0.2, 0.25) is 0 Å². The van der Waals surface area contributed by atoms with Crippen molar-refractivity contribution in [2.24, 2.45) is 5.92 Å². The summed E-state index contributed by atoms with van der Waals surface area (Å²) < 4.78 is 0. The Morgan fingerprint density at radius 3 is 2.84 bits per heavy atom. The number of rotatable bonds is 2. The van der Waals surface area contributed by atoms with Gasteiger partial charge >= 0.3 is 0 Å². The van der Waals surface area contributed by atoms with Gasteiger partial charge in [0.2, 0.25) is 5.91 Å². The van der Waals surface area contributed by atoms with Crippen LogP contribution in [-0.4, -0.2) is 16.8 Å². The summed E-state index contributed by atoms with van der Waals surface area (Å²) in [5, 5.41) is 1.39. The van der Waals surface area contributed by atoms with Gasteiger partial charge in [0.25, 0.3) is 5.91 Å². The van der Waals surface area contributed by atoms with Crippen LogP contribution in [0.25, 0.3) is 0 Å².